The molecule has 29 heavy (non-hydrogen) atoms. The maximum atomic E-state index is 5.98. The van der Waals surface area contributed by atoms with Crippen LogP contribution in [0.1, 0.15) is 19.3 Å². The predicted octanol–water partition coefficient (Wildman–Crippen LogP) is 0.0335. The van der Waals surface area contributed by atoms with E-state index in [-0.39, 0.29) is 0 Å². The fourth-order valence-corrected chi connectivity index (χ4v) is 3.52. The maximum Gasteiger partial charge on any atom is 0.0594 e. The summed E-state index contributed by atoms with van der Waals surface area (Å²) >= 11 is 0. The average molecular weight is 417 g/mol. The van der Waals surface area contributed by atoms with Gasteiger partial charge in [-0.05, 0) is 19.3 Å². The van der Waals surface area contributed by atoms with Crippen LogP contribution in [0.3, 0.4) is 0 Å². The van der Waals surface area contributed by atoms with Crippen molar-refractivity contribution in [1.82, 2.24) is 20.4 Å². The summed E-state index contributed by atoms with van der Waals surface area (Å²) in [5.74, 6) is 0. The van der Waals surface area contributed by atoms with Gasteiger partial charge in [0.05, 0.1) is 26.4 Å². The second-order valence-electron chi connectivity index (χ2n) is 7.69. The Morgan fingerprint density at radius 2 is 0.828 bits per heavy atom. The van der Waals surface area contributed by atoms with Crippen molar-refractivity contribution in [3.05, 3.63) is 0 Å². The molecule has 0 amide bonds. The highest BCUT2D eigenvalue weighted by molar-refractivity contribution is 4.63. The van der Waals surface area contributed by atoms with Crippen LogP contribution in [0.4, 0.5) is 0 Å². The van der Waals surface area contributed by atoms with Gasteiger partial charge >= 0.3 is 0 Å². The van der Waals surface area contributed by atoms with Crippen molar-refractivity contribution in [2.75, 3.05) is 118 Å². The first-order chi connectivity index (χ1) is 14.4. The molecular weight excluding hydrogens is 372 g/mol. The highest BCUT2D eigenvalue weighted by atomic mass is 16.5. The summed E-state index contributed by atoms with van der Waals surface area (Å²) in [7, 11) is 0. The number of nitrogens with zero attached hydrogens (tertiary/aromatic N) is 2. The summed E-state index contributed by atoms with van der Waals surface area (Å²) < 4.78 is 23.2. The van der Waals surface area contributed by atoms with E-state index in [1.54, 1.807) is 0 Å². The van der Waals surface area contributed by atoms with Crippen molar-refractivity contribution >= 4 is 0 Å². The Bertz CT molecular complexity index is 310. The van der Waals surface area contributed by atoms with Gasteiger partial charge in [-0.15, -0.1) is 0 Å². The van der Waals surface area contributed by atoms with Crippen LogP contribution in [-0.4, -0.2) is 128 Å². The molecule has 0 radical (unpaired) electrons. The predicted molar refractivity (Wildman–Crippen MR) is 116 cm³/mol. The molecule has 2 N–H and O–H groups in total. The Morgan fingerprint density at radius 3 is 1.38 bits per heavy atom. The molecule has 2 atom stereocenters. The van der Waals surface area contributed by atoms with Crippen molar-refractivity contribution in [3.63, 3.8) is 0 Å². The minimum atomic E-state index is 0.769. The number of nitrogens with one attached hydrogen (secondary N) is 2. The normalized spacial score (nSPS) is 29.8. The van der Waals surface area contributed by atoms with Gasteiger partial charge in [0.15, 0.2) is 0 Å². The molecule has 0 aliphatic carbocycles. The molecule has 2 fully saturated rings. The Hall–Kier alpha value is -0.320. The molecule has 2 rings (SSSR count). The fraction of sp³-hybridized carbons (Fsp3) is 1.00. The van der Waals surface area contributed by atoms with Gasteiger partial charge in [0.2, 0.25) is 0 Å². The van der Waals surface area contributed by atoms with Gasteiger partial charge in [-0.2, -0.15) is 0 Å². The van der Waals surface area contributed by atoms with Gasteiger partial charge < -0.3 is 29.6 Å². The number of fused-ring (bicyclic) bond motifs is 6. The van der Waals surface area contributed by atoms with Crippen LogP contribution >= 0.6 is 0 Å². The highest BCUT2D eigenvalue weighted by Gasteiger charge is 2.08. The zero-order valence-corrected chi connectivity index (χ0v) is 18.4. The molecule has 8 heteroatoms. The Labute approximate surface area is 177 Å². The van der Waals surface area contributed by atoms with E-state index < -0.39 is 0 Å². The summed E-state index contributed by atoms with van der Waals surface area (Å²) in [6, 6.07) is 0. The first-order valence-corrected chi connectivity index (χ1v) is 11.6. The summed E-state index contributed by atoms with van der Waals surface area (Å²) in [4.78, 5) is 4.96. The highest BCUT2D eigenvalue weighted by Crippen LogP contribution is 1.98. The smallest absolute Gasteiger partial charge is 0.0594 e. The molecule has 172 valence electrons. The van der Waals surface area contributed by atoms with Crippen molar-refractivity contribution in [2.24, 2.45) is 0 Å². The molecular formula is C21H44N4O4. The van der Waals surface area contributed by atoms with Gasteiger partial charge in [-0.25, -0.2) is 0 Å². The monoisotopic (exact) mass is 416 g/mol. The van der Waals surface area contributed by atoms with Crippen LogP contribution in [0.15, 0.2) is 0 Å². The summed E-state index contributed by atoms with van der Waals surface area (Å²) in [6.45, 7) is 16.2. The van der Waals surface area contributed by atoms with Crippen molar-refractivity contribution < 1.29 is 18.9 Å². The van der Waals surface area contributed by atoms with Gasteiger partial charge in [0.1, 0.15) is 0 Å². The lowest BCUT2D eigenvalue weighted by atomic mass is 10.3. The molecule has 0 aromatic rings. The Morgan fingerprint density at radius 1 is 0.379 bits per heavy atom. The van der Waals surface area contributed by atoms with Crippen LogP contribution in [-0.2, 0) is 18.9 Å². The molecule has 0 spiro atoms. The van der Waals surface area contributed by atoms with Crippen molar-refractivity contribution in [1.29, 1.82) is 0 Å². The average Bonchev–Trinajstić information content (AvgIpc) is 2.73. The molecule has 2 unspecified atom stereocenters. The van der Waals surface area contributed by atoms with E-state index in [4.69, 9.17) is 18.9 Å². The van der Waals surface area contributed by atoms with Crippen molar-refractivity contribution in [2.45, 2.75) is 19.3 Å². The number of rotatable bonds is 0. The lowest BCUT2D eigenvalue weighted by molar-refractivity contribution is 0.0571. The second kappa shape index (κ2) is 18.4. The van der Waals surface area contributed by atoms with E-state index in [9.17, 15) is 0 Å². The van der Waals surface area contributed by atoms with Crippen LogP contribution in [0.5, 0.6) is 0 Å². The first kappa shape index (κ1) is 24.9. The van der Waals surface area contributed by atoms with E-state index in [0.29, 0.717) is 0 Å². The minimum absolute atomic E-state index is 0.769. The maximum absolute atomic E-state index is 5.98. The second-order valence-corrected chi connectivity index (χ2v) is 7.69. The lowest BCUT2D eigenvalue weighted by Crippen LogP contribution is -2.38. The van der Waals surface area contributed by atoms with Crippen LogP contribution < -0.4 is 10.6 Å². The third-order valence-corrected chi connectivity index (χ3v) is 5.26. The van der Waals surface area contributed by atoms with E-state index in [1.165, 1.54) is 0 Å². The molecule has 2 bridgehead atoms. The number of hydrogen-bond acceptors (Lipinski definition) is 8. The number of ether oxygens (including phenoxy) is 4. The molecule has 8 nitrogen and oxygen atoms in total. The summed E-state index contributed by atoms with van der Waals surface area (Å²) in [5.41, 5.74) is 0. The SMILES string of the molecule is C1COCCCN2CCNCCOCCNCCN(CCCOC1)CCOCC2. The third kappa shape index (κ3) is 14.3. The Balaban J connectivity index is 1.84. The molecule has 0 saturated carbocycles. The van der Waals surface area contributed by atoms with Crippen molar-refractivity contribution in [3.8, 4) is 0 Å². The largest absolute Gasteiger partial charge is 0.381 e. The lowest BCUT2D eigenvalue weighted by Gasteiger charge is -2.25. The van der Waals surface area contributed by atoms with Crippen LogP contribution in [0, 0.1) is 0 Å². The molecule has 2 aliphatic heterocycles. The van der Waals surface area contributed by atoms with E-state index in [2.05, 4.69) is 20.4 Å². The number of hydrogen-bond donors (Lipinski definition) is 2. The van der Waals surface area contributed by atoms with Gasteiger partial charge in [0.25, 0.3) is 0 Å². The summed E-state index contributed by atoms with van der Waals surface area (Å²) in [6.07, 6.45) is 3.10. The van der Waals surface area contributed by atoms with Gasteiger partial charge in [0, 0.05) is 91.9 Å². The zero-order valence-electron chi connectivity index (χ0n) is 18.4. The van der Waals surface area contributed by atoms with E-state index >= 15 is 0 Å². The molecule has 0 aromatic heterocycles. The fourth-order valence-electron chi connectivity index (χ4n) is 3.52. The van der Waals surface area contributed by atoms with Crippen LogP contribution in [0.2, 0.25) is 0 Å². The Kier molecular flexibility index (Phi) is 15.9. The van der Waals surface area contributed by atoms with E-state index in [1.807, 2.05) is 0 Å². The third-order valence-electron chi connectivity index (χ3n) is 5.26. The van der Waals surface area contributed by atoms with Gasteiger partial charge in [-0.3, -0.25) is 9.80 Å². The first-order valence-electron chi connectivity index (χ1n) is 11.6. The molecule has 2 saturated heterocycles. The molecule has 0 aromatic carbocycles. The molecule has 2 heterocycles. The quantitative estimate of drug-likeness (QED) is 0.537. The van der Waals surface area contributed by atoms with Crippen LogP contribution in [0.25, 0.3) is 0 Å². The summed E-state index contributed by atoms with van der Waals surface area (Å²) in [5, 5.41) is 6.97. The minimum Gasteiger partial charge on any atom is -0.381 e. The molecule has 2 aliphatic rings. The van der Waals surface area contributed by atoms with E-state index in [0.717, 1.165) is 138 Å². The zero-order chi connectivity index (χ0) is 20.2. The topological polar surface area (TPSA) is 67.5 Å². The standard InChI is InChI=1S/C21H44N4O4/c1-8-24-10-4-22-6-18-28-19-7-23-5-11-25(13-21-29-20-12-24)9-2-15-27-17-3-16-26-14-1/h22-23H,1-21H2. The van der Waals surface area contributed by atoms with Gasteiger partial charge in [-0.1, -0.05) is 0 Å².